The third kappa shape index (κ3) is 3.15. The van der Waals surface area contributed by atoms with Crippen molar-refractivity contribution in [2.24, 2.45) is 0 Å². The predicted octanol–water partition coefficient (Wildman–Crippen LogP) is 3.22. The number of amides is 1. The molecule has 0 aliphatic heterocycles. The SMILES string of the molecule is N#CCc1cc(C(=O)Nc2cc(Br)cs2)ccn1. The van der Waals surface area contributed by atoms with E-state index in [2.05, 4.69) is 26.2 Å². The second kappa shape index (κ2) is 5.76. The first-order valence-corrected chi connectivity index (χ1v) is 6.73. The molecule has 0 bridgehead atoms. The molecule has 2 heterocycles. The number of carbonyl (C=O) groups excluding carboxylic acids is 1. The molecule has 90 valence electrons. The molecule has 1 N–H and O–H groups in total. The number of hydrogen-bond acceptors (Lipinski definition) is 4. The monoisotopic (exact) mass is 321 g/mol. The average molecular weight is 322 g/mol. The van der Waals surface area contributed by atoms with Gasteiger partial charge in [-0.05, 0) is 34.1 Å². The third-order valence-corrected chi connectivity index (χ3v) is 3.75. The zero-order chi connectivity index (χ0) is 13.0. The topological polar surface area (TPSA) is 65.8 Å². The lowest BCUT2D eigenvalue weighted by molar-refractivity contribution is 0.102. The molecule has 0 saturated heterocycles. The minimum atomic E-state index is -0.203. The van der Waals surface area contributed by atoms with Crippen molar-refractivity contribution in [3.63, 3.8) is 0 Å². The van der Waals surface area contributed by atoms with Gasteiger partial charge in [0.05, 0.1) is 23.2 Å². The Morgan fingerprint density at radius 1 is 1.56 bits per heavy atom. The molecular weight excluding hydrogens is 314 g/mol. The van der Waals surface area contributed by atoms with Crippen LogP contribution in [0.1, 0.15) is 16.1 Å². The zero-order valence-corrected chi connectivity index (χ0v) is 11.6. The summed E-state index contributed by atoms with van der Waals surface area (Å²) in [5.74, 6) is -0.203. The Hall–Kier alpha value is -1.71. The van der Waals surface area contributed by atoms with Crippen LogP contribution in [0.4, 0.5) is 5.00 Å². The molecule has 0 aliphatic carbocycles. The molecule has 2 rings (SSSR count). The Bertz CT molecular complexity index is 618. The van der Waals surface area contributed by atoms with E-state index in [1.807, 2.05) is 17.5 Å². The molecule has 4 nitrogen and oxygen atoms in total. The van der Waals surface area contributed by atoms with E-state index in [-0.39, 0.29) is 12.3 Å². The molecule has 18 heavy (non-hydrogen) atoms. The van der Waals surface area contributed by atoms with Gasteiger partial charge in [-0.3, -0.25) is 9.78 Å². The van der Waals surface area contributed by atoms with E-state index in [1.165, 1.54) is 17.5 Å². The van der Waals surface area contributed by atoms with Gasteiger partial charge in [0.2, 0.25) is 0 Å². The van der Waals surface area contributed by atoms with Gasteiger partial charge in [-0.15, -0.1) is 11.3 Å². The second-order valence-electron chi connectivity index (χ2n) is 3.45. The van der Waals surface area contributed by atoms with Gasteiger partial charge < -0.3 is 5.32 Å². The number of pyridine rings is 1. The summed E-state index contributed by atoms with van der Waals surface area (Å²) < 4.78 is 0.933. The van der Waals surface area contributed by atoms with Crippen molar-refractivity contribution >= 4 is 38.2 Å². The number of nitrogens with one attached hydrogen (secondary N) is 1. The van der Waals surface area contributed by atoms with Crippen LogP contribution in [0.25, 0.3) is 0 Å². The second-order valence-corrected chi connectivity index (χ2v) is 5.28. The summed E-state index contributed by atoms with van der Waals surface area (Å²) in [5.41, 5.74) is 1.09. The van der Waals surface area contributed by atoms with Gasteiger partial charge in [0.1, 0.15) is 0 Å². The van der Waals surface area contributed by atoms with Crippen LogP contribution in [0, 0.1) is 11.3 Å². The van der Waals surface area contributed by atoms with Crippen LogP contribution in [0.3, 0.4) is 0 Å². The fourth-order valence-corrected chi connectivity index (χ4v) is 2.67. The standard InChI is InChI=1S/C12H8BrN3OS/c13-9-6-11(18-7-9)16-12(17)8-2-4-15-10(5-8)1-3-14/h2,4-7H,1H2,(H,16,17). The molecule has 0 atom stereocenters. The highest BCUT2D eigenvalue weighted by molar-refractivity contribution is 9.10. The van der Waals surface area contributed by atoms with Crippen LogP contribution in [0.5, 0.6) is 0 Å². The smallest absolute Gasteiger partial charge is 0.256 e. The predicted molar refractivity (Wildman–Crippen MR) is 73.5 cm³/mol. The minimum Gasteiger partial charge on any atom is -0.314 e. The van der Waals surface area contributed by atoms with E-state index in [0.29, 0.717) is 11.3 Å². The van der Waals surface area contributed by atoms with Gasteiger partial charge in [0.25, 0.3) is 5.91 Å². The maximum atomic E-state index is 11.9. The minimum absolute atomic E-state index is 0.200. The summed E-state index contributed by atoms with van der Waals surface area (Å²) >= 11 is 4.76. The molecule has 0 unspecified atom stereocenters. The van der Waals surface area contributed by atoms with Gasteiger partial charge >= 0.3 is 0 Å². The Morgan fingerprint density at radius 2 is 2.39 bits per heavy atom. The number of rotatable bonds is 3. The highest BCUT2D eigenvalue weighted by atomic mass is 79.9. The van der Waals surface area contributed by atoms with E-state index in [0.717, 1.165) is 9.47 Å². The Labute approximate surface area is 116 Å². The van der Waals surface area contributed by atoms with Crippen molar-refractivity contribution in [3.8, 4) is 6.07 Å². The van der Waals surface area contributed by atoms with Crippen molar-refractivity contribution in [3.05, 3.63) is 45.5 Å². The fourth-order valence-electron chi connectivity index (χ4n) is 1.36. The largest absolute Gasteiger partial charge is 0.314 e. The van der Waals surface area contributed by atoms with Gasteiger partial charge in [-0.25, -0.2) is 0 Å². The normalized spacial score (nSPS) is 9.78. The van der Waals surface area contributed by atoms with Gasteiger partial charge in [-0.2, -0.15) is 5.26 Å². The number of thiophene rings is 1. The molecule has 0 radical (unpaired) electrons. The quantitative estimate of drug-likeness (QED) is 0.943. The summed E-state index contributed by atoms with van der Waals surface area (Å²) in [5, 5.41) is 14.0. The van der Waals surface area contributed by atoms with Crippen molar-refractivity contribution in [2.75, 3.05) is 5.32 Å². The number of carbonyl (C=O) groups is 1. The molecule has 2 aromatic heterocycles. The Kier molecular flexibility index (Phi) is 4.07. The summed E-state index contributed by atoms with van der Waals surface area (Å²) in [6.45, 7) is 0. The average Bonchev–Trinajstić information content (AvgIpc) is 2.75. The van der Waals surface area contributed by atoms with Gasteiger partial charge in [0, 0.05) is 21.6 Å². The Morgan fingerprint density at radius 3 is 3.06 bits per heavy atom. The van der Waals surface area contributed by atoms with Crippen molar-refractivity contribution in [1.82, 2.24) is 4.98 Å². The summed E-state index contributed by atoms with van der Waals surface area (Å²) in [6, 6.07) is 7.09. The Balaban J connectivity index is 2.14. The van der Waals surface area contributed by atoms with Crippen molar-refractivity contribution in [1.29, 1.82) is 5.26 Å². The van der Waals surface area contributed by atoms with E-state index in [1.54, 1.807) is 12.1 Å². The van der Waals surface area contributed by atoms with Crippen molar-refractivity contribution < 1.29 is 4.79 Å². The number of hydrogen-bond donors (Lipinski definition) is 1. The summed E-state index contributed by atoms with van der Waals surface area (Å²) in [4.78, 5) is 16.0. The molecule has 0 spiro atoms. The van der Waals surface area contributed by atoms with E-state index in [9.17, 15) is 4.79 Å². The zero-order valence-electron chi connectivity index (χ0n) is 9.18. The van der Waals surface area contributed by atoms with Crippen LogP contribution in [-0.2, 0) is 6.42 Å². The van der Waals surface area contributed by atoms with Crippen LogP contribution in [0.15, 0.2) is 34.2 Å². The highest BCUT2D eigenvalue weighted by Crippen LogP contribution is 2.24. The highest BCUT2D eigenvalue weighted by Gasteiger charge is 2.08. The van der Waals surface area contributed by atoms with E-state index < -0.39 is 0 Å². The van der Waals surface area contributed by atoms with Crippen molar-refractivity contribution in [2.45, 2.75) is 6.42 Å². The maximum absolute atomic E-state index is 11.9. The summed E-state index contributed by atoms with van der Waals surface area (Å²) in [6.07, 6.45) is 1.73. The van der Waals surface area contributed by atoms with E-state index in [4.69, 9.17) is 5.26 Å². The first-order chi connectivity index (χ1) is 8.69. The number of aromatic nitrogens is 1. The first kappa shape index (κ1) is 12.7. The molecule has 6 heteroatoms. The lowest BCUT2D eigenvalue weighted by Gasteiger charge is -2.03. The molecule has 0 aliphatic rings. The lowest BCUT2D eigenvalue weighted by atomic mass is 10.2. The van der Waals surface area contributed by atoms with Crippen LogP contribution < -0.4 is 5.32 Å². The molecule has 0 saturated carbocycles. The number of anilines is 1. The summed E-state index contributed by atoms with van der Waals surface area (Å²) in [7, 11) is 0. The third-order valence-electron chi connectivity index (χ3n) is 2.14. The number of nitrogens with zero attached hydrogens (tertiary/aromatic N) is 2. The molecule has 0 aromatic carbocycles. The number of nitriles is 1. The van der Waals surface area contributed by atoms with Crippen LogP contribution >= 0.6 is 27.3 Å². The fraction of sp³-hybridized carbons (Fsp3) is 0.0833. The van der Waals surface area contributed by atoms with E-state index >= 15 is 0 Å². The maximum Gasteiger partial charge on any atom is 0.256 e. The van der Waals surface area contributed by atoms with Gasteiger partial charge in [0.15, 0.2) is 0 Å². The number of halogens is 1. The molecule has 0 fully saturated rings. The molecular formula is C12H8BrN3OS. The first-order valence-electron chi connectivity index (χ1n) is 5.06. The van der Waals surface area contributed by atoms with Crippen LogP contribution in [-0.4, -0.2) is 10.9 Å². The lowest BCUT2D eigenvalue weighted by Crippen LogP contribution is -2.11. The molecule has 1 amide bonds. The van der Waals surface area contributed by atoms with Crippen LogP contribution in [0.2, 0.25) is 0 Å². The van der Waals surface area contributed by atoms with Gasteiger partial charge in [-0.1, -0.05) is 0 Å². The molecule has 2 aromatic rings.